The van der Waals surface area contributed by atoms with Crippen molar-refractivity contribution < 1.29 is 9.53 Å². The third-order valence-electron chi connectivity index (χ3n) is 4.26. The Hall–Kier alpha value is -0.610. The predicted octanol–water partition coefficient (Wildman–Crippen LogP) is 2.29. The van der Waals surface area contributed by atoms with Crippen molar-refractivity contribution >= 4 is 5.97 Å². The lowest BCUT2D eigenvalue weighted by Gasteiger charge is -2.40. The maximum absolute atomic E-state index is 12.3. The van der Waals surface area contributed by atoms with Gasteiger partial charge >= 0.3 is 5.97 Å². The molecule has 0 heterocycles. The molecule has 4 heteroatoms. The highest BCUT2D eigenvalue weighted by molar-refractivity contribution is 5.81. The molecule has 1 rings (SSSR count). The normalized spacial score (nSPS) is 27.1. The van der Waals surface area contributed by atoms with Gasteiger partial charge in [0, 0.05) is 13.1 Å². The van der Waals surface area contributed by atoms with Gasteiger partial charge in [0.1, 0.15) is 5.54 Å². The van der Waals surface area contributed by atoms with E-state index in [4.69, 9.17) is 4.74 Å². The van der Waals surface area contributed by atoms with Gasteiger partial charge in [-0.25, -0.2) is 0 Å². The van der Waals surface area contributed by atoms with Gasteiger partial charge in [-0.15, -0.1) is 0 Å². The second kappa shape index (κ2) is 7.99. The molecule has 1 fully saturated rings. The molecule has 0 radical (unpaired) electrons. The molecule has 0 amide bonds. The van der Waals surface area contributed by atoms with Crippen LogP contribution in [0.5, 0.6) is 0 Å². The minimum absolute atomic E-state index is 0.0790. The summed E-state index contributed by atoms with van der Waals surface area (Å²) in [5.74, 6) is 1.25. The summed E-state index contributed by atoms with van der Waals surface area (Å²) in [6.07, 6.45) is 5.38. The van der Waals surface area contributed by atoms with Gasteiger partial charge in [0.2, 0.25) is 0 Å². The minimum atomic E-state index is -0.456. The molecular weight excluding hydrogens is 252 g/mol. The second-order valence-corrected chi connectivity index (χ2v) is 6.90. The molecule has 2 unspecified atom stereocenters. The Kier molecular flexibility index (Phi) is 6.96. The summed E-state index contributed by atoms with van der Waals surface area (Å²) < 4.78 is 5.09. The van der Waals surface area contributed by atoms with Crippen molar-refractivity contribution in [2.45, 2.75) is 51.5 Å². The molecule has 4 nitrogen and oxygen atoms in total. The fourth-order valence-electron chi connectivity index (χ4n) is 3.39. The first-order valence-electron chi connectivity index (χ1n) is 7.88. The van der Waals surface area contributed by atoms with Crippen LogP contribution in [0.15, 0.2) is 0 Å². The highest BCUT2D eigenvalue weighted by Crippen LogP contribution is 2.36. The number of esters is 1. The van der Waals surface area contributed by atoms with Crippen LogP contribution >= 0.6 is 0 Å². The summed E-state index contributed by atoms with van der Waals surface area (Å²) in [6, 6.07) is 0. The average molecular weight is 284 g/mol. The molecule has 0 saturated heterocycles. The summed E-state index contributed by atoms with van der Waals surface area (Å²) in [7, 11) is 5.60. The fraction of sp³-hybridized carbons (Fsp3) is 0.938. The van der Waals surface area contributed by atoms with Crippen LogP contribution in [0.3, 0.4) is 0 Å². The van der Waals surface area contributed by atoms with Gasteiger partial charge in [-0.2, -0.15) is 0 Å². The molecule has 0 bridgehead atoms. The molecule has 1 aliphatic carbocycles. The quantitative estimate of drug-likeness (QED) is 0.728. The molecule has 0 aromatic heterocycles. The van der Waals surface area contributed by atoms with E-state index in [2.05, 4.69) is 38.2 Å². The number of ether oxygens (including phenoxy) is 1. The van der Waals surface area contributed by atoms with Gasteiger partial charge in [-0.05, 0) is 45.2 Å². The number of carbonyl (C=O) groups excluding carboxylic acids is 1. The number of hydrogen-bond acceptors (Lipinski definition) is 4. The molecule has 118 valence electrons. The van der Waals surface area contributed by atoms with Crippen molar-refractivity contribution in [2.75, 3.05) is 34.3 Å². The summed E-state index contributed by atoms with van der Waals surface area (Å²) in [5, 5.41) is 3.50. The van der Waals surface area contributed by atoms with E-state index in [0.29, 0.717) is 11.8 Å². The standard InChI is InChI=1S/C16H32N2O2/c1-13(2)11-14-7-6-8-16(12-14,15(19)20-5)17-9-10-18(3)4/h13-14,17H,6-12H2,1-5H3. The maximum Gasteiger partial charge on any atom is 0.326 e. The monoisotopic (exact) mass is 284 g/mol. The Bertz CT molecular complexity index is 305. The van der Waals surface area contributed by atoms with Gasteiger partial charge in [-0.1, -0.05) is 26.7 Å². The van der Waals surface area contributed by atoms with Crippen LogP contribution in [0.4, 0.5) is 0 Å². The molecule has 0 spiro atoms. The molecule has 1 N–H and O–H groups in total. The van der Waals surface area contributed by atoms with Crippen LogP contribution in [0, 0.1) is 11.8 Å². The topological polar surface area (TPSA) is 41.6 Å². The number of nitrogens with one attached hydrogen (secondary N) is 1. The van der Waals surface area contributed by atoms with Crippen molar-refractivity contribution in [1.29, 1.82) is 0 Å². The zero-order valence-corrected chi connectivity index (χ0v) is 13.9. The largest absolute Gasteiger partial charge is 0.468 e. The van der Waals surface area contributed by atoms with Crippen LogP contribution in [0.1, 0.15) is 46.0 Å². The summed E-state index contributed by atoms with van der Waals surface area (Å²) in [5.41, 5.74) is -0.456. The minimum Gasteiger partial charge on any atom is -0.468 e. The van der Waals surface area contributed by atoms with E-state index in [-0.39, 0.29) is 5.97 Å². The van der Waals surface area contributed by atoms with Crippen molar-refractivity contribution in [3.05, 3.63) is 0 Å². The van der Waals surface area contributed by atoms with Crippen LogP contribution in [-0.2, 0) is 9.53 Å². The SMILES string of the molecule is COC(=O)C1(NCCN(C)C)CCCC(CC(C)C)C1. The average Bonchev–Trinajstić information content (AvgIpc) is 2.36. The first-order chi connectivity index (χ1) is 9.39. The van der Waals surface area contributed by atoms with E-state index in [1.807, 2.05) is 0 Å². The smallest absolute Gasteiger partial charge is 0.326 e. The van der Waals surface area contributed by atoms with E-state index in [1.165, 1.54) is 20.0 Å². The first-order valence-corrected chi connectivity index (χ1v) is 7.88. The summed E-state index contributed by atoms with van der Waals surface area (Å²) in [4.78, 5) is 14.4. The van der Waals surface area contributed by atoms with Crippen LogP contribution < -0.4 is 5.32 Å². The number of methoxy groups -OCH3 is 1. The second-order valence-electron chi connectivity index (χ2n) is 6.90. The van der Waals surface area contributed by atoms with Crippen LogP contribution in [0.2, 0.25) is 0 Å². The number of likely N-dealkylation sites (N-methyl/N-ethyl adjacent to an activating group) is 1. The van der Waals surface area contributed by atoms with Crippen molar-refractivity contribution in [3.63, 3.8) is 0 Å². The lowest BCUT2D eigenvalue weighted by molar-refractivity contribution is -0.151. The predicted molar refractivity (Wildman–Crippen MR) is 82.7 cm³/mol. The van der Waals surface area contributed by atoms with Gasteiger partial charge in [0.25, 0.3) is 0 Å². The van der Waals surface area contributed by atoms with E-state index in [9.17, 15) is 4.79 Å². The highest BCUT2D eigenvalue weighted by Gasteiger charge is 2.43. The lowest BCUT2D eigenvalue weighted by atomic mass is 9.73. The molecule has 1 aliphatic rings. The fourth-order valence-corrected chi connectivity index (χ4v) is 3.39. The Balaban J connectivity index is 2.69. The zero-order valence-electron chi connectivity index (χ0n) is 13.9. The van der Waals surface area contributed by atoms with Gasteiger partial charge < -0.3 is 15.0 Å². The molecule has 20 heavy (non-hydrogen) atoms. The summed E-state index contributed by atoms with van der Waals surface area (Å²) in [6.45, 7) is 6.28. The first kappa shape index (κ1) is 17.4. The molecule has 0 aliphatic heterocycles. The Morgan fingerprint density at radius 3 is 2.70 bits per heavy atom. The van der Waals surface area contributed by atoms with Crippen LogP contribution in [-0.4, -0.2) is 50.7 Å². The number of carbonyl (C=O) groups is 1. The van der Waals surface area contributed by atoms with Gasteiger partial charge in [0.05, 0.1) is 7.11 Å². The molecule has 0 aromatic rings. The summed E-state index contributed by atoms with van der Waals surface area (Å²) >= 11 is 0. The molecule has 0 aromatic carbocycles. The Morgan fingerprint density at radius 2 is 2.15 bits per heavy atom. The van der Waals surface area contributed by atoms with Gasteiger partial charge in [0.15, 0.2) is 0 Å². The Morgan fingerprint density at radius 1 is 1.45 bits per heavy atom. The van der Waals surface area contributed by atoms with E-state index < -0.39 is 5.54 Å². The maximum atomic E-state index is 12.3. The van der Waals surface area contributed by atoms with Gasteiger partial charge in [-0.3, -0.25) is 4.79 Å². The highest BCUT2D eigenvalue weighted by atomic mass is 16.5. The van der Waals surface area contributed by atoms with E-state index >= 15 is 0 Å². The van der Waals surface area contributed by atoms with E-state index in [1.54, 1.807) is 0 Å². The third kappa shape index (κ3) is 5.06. The molecule has 2 atom stereocenters. The van der Waals surface area contributed by atoms with Crippen molar-refractivity contribution in [1.82, 2.24) is 10.2 Å². The molecular formula is C16H32N2O2. The third-order valence-corrected chi connectivity index (χ3v) is 4.26. The lowest BCUT2D eigenvalue weighted by Crippen LogP contribution is -2.56. The number of nitrogens with zero attached hydrogens (tertiary/aromatic N) is 1. The Labute approximate surface area is 124 Å². The van der Waals surface area contributed by atoms with Crippen LogP contribution in [0.25, 0.3) is 0 Å². The number of rotatable bonds is 7. The number of hydrogen-bond donors (Lipinski definition) is 1. The zero-order chi connectivity index (χ0) is 15.2. The van der Waals surface area contributed by atoms with Crippen molar-refractivity contribution in [3.8, 4) is 0 Å². The molecule has 1 saturated carbocycles. The van der Waals surface area contributed by atoms with E-state index in [0.717, 1.165) is 32.4 Å². The van der Waals surface area contributed by atoms with Crippen molar-refractivity contribution in [2.24, 2.45) is 11.8 Å².